The molecule has 3 nitrogen and oxygen atoms in total. The predicted octanol–water partition coefficient (Wildman–Crippen LogP) is 5.15. The van der Waals surface area contributed by atoms with Crippen LogP contribution in [0, 0.1) is 5.41 Å². The summed E-state index contributed by atoms with van der Waals surface area (Å²) in [7, 11) is 0. The molecule has 0 amide bonds. The SMILES string of the molecule is CC(=N)[C@H](C)c1nc(-c2ccccc2)c(-c2ccccc2)o1. The van der Waals surface area contributed by atoms with Crippen molar-refractivity contribution < 1.29 is 4.42 Å². The maximum absolute atomic E-state index is 7.83. The second kappa shape index (κ2) is 5.98. The average molecular weight is 290 g/mol. The second-order valence-electron chi connectivity index (χ2n) is 5.37. The molecule has 2 aromatic carbocycles. The first-order valence-corrected chi connectivity index (χ1v) is 7.33. The lowest BCUT2D eigenvalue weighted by Crippen LogP contribution is -2.03. The van der Waals surface area contributed by atoms with E-state index in [0.29, 0.717) is 11.6 Å². The first kappa shape index (κ1) is 14.3. The van der Waals surface area contributed by atoms with Crippen LogP contribution in [-0.4, -0.2) is 10.7 Å². The van der Waals surface area contributed by atoms with E-state index in [4.69, 9.17) is 9.83 Å². The Kier molecular flexibility index (Phi) is 3.88. The van der Waals surface area contributed by atoms with Crippen LogP contribution >= 0.6 is 0 Å². The van der Waals surface area contributed by atoms with Gasteiger partial charge in [0.2, 0.25) is 5.89 Å². The Balaban J connectivity index is 2.17. The Hall–Kier alpha value is -2.68. The number of benzene rings is 2. The van der Waals surface area contributed by atoms with Crippen molar-refractivity contribution in [3.63, 3.8) is 0 Å². The minimum absolute atomic E-state index is 0.125. The average Bonchev–Trinajstić information content (AvgIpc) is 3.01. The molecule has 0 saturated carbocycles. The Morgan fingerprint density at radius 3 is 2.05 bits per heavy atom. The lowest BCUT2D eigenvalue weighted by Gasteiger charge is -2.03. The van der Waals surface area contributed by atoms with Crippen molar-refractivity contribution in [2.24, 2.45) is 0 Å². The molecule has 1 N–H and O–H groups in total. The van der Waals surface area contributed by atoms with Crippen LogP contribution in [0.3, 0.4) is 0 Å². The summed E-state index contributed by atoms with van der Waals surface area (Å²) < 4.78 is 6.03. The highest BCUT2D eigenvalue weighted by Gasteiger charge is 2.21. The standard InChI is InChI=1S/C19H18N2O/c1-13(14(2)20)19-21-17(15-9-5-3-6-10-15)18(22-19)16-11-7-4-8-12-16/h3-13,20H,1-2H3/t13-/m0/s1. The summed E-state index contributed by atoms with van der Waals surface area (Å²) >= 11 is 0. The highest BCUT2D eigenvalue weighted by atomic mass is 16.4. The van der Waals surface area contributed by atoms with Crippen LogP contribution in [0.15, 0.2) is 65.1 Å². The molecule has 110 valence electrons. The van der Waals surface area contributed by atoms with Crippen molar-refractivity contribution in [2.75, 3.05) is 0 Å². The van der Waals surface area contributed by atoms with E-state index < -0.39 is 0 Å². The minimum Gasteiger partial charge on any atom is -0.439 e. The summed E-state index contributed by atoms with van der Waals surface area (Å²) in [5, 5.41) is 7.83. The zero-order valence-corrected chi connectivity index (χ0v) is 12.7. The van der Waals surface area contributed by atoms with Crippen molar-refractivity contribution in [1.82, 2.24) is 4.98 Å². The molecule has 1 atom stereocenters. The van der Waals surface area contributed by atoms with E-state index >= 15 is 0 Å². The molecule has 0 aliphatic rings. The number of hydrogen-bond acceptors (Lipinski definition) is 3. The summed E-state index contributed by atoms with van der Waals surface area (Å²) in [6, 6.07) is 20.0. The first-order valence-electron chi connectivity index (χ1n) is 7.33. The number of rotatable bonds is 4. The Morgan fingerprint density at radius 1 is 0.955 bits per heavy atom. The van der Waals surface area contributed by atoms with E-state index in [0.717, 1.165) is 22.6 Å². The van der Waals surface area contributed by atoms with Gasteiger partial charge in [0.1, 0.15) is 5.69 Å². The van der Waals surface area contributed by atoms with Crippen molar-refractivity contribution in [1.29, 1.82) is 5.41 Å². The molecular weight excluding hydrogens is 272 g/mol. The Morgan fingerprint density at radius 2 is 1.50 bits per heavy atom. The monoisotopic (exact) mass is 290 g/mol. The summed E-state index contributed by atoms with van der Waals surface area (Å²) in [5.74, 6) is 1.22. The fourth-order valence-corrected chi connectivity index (χ4v) is 2.28. The number of oxazole rings is 1. The fourth-order valence-electron chi connectivity index (χ4n) is 2.28. The number of nitrogens with one attached hydrogen (secondary N) is 1. The summed E-state index contributed by atoms with van der Waals surface area (Å²) in [5.41, 5.74) is 3.39. The maximum atomic E-state index is 7.83. The summed E-state index contributed by atoms with van der Waals surface area (Å²) in [6.07, 6.45) is 0. The smallest absolute Gasteiger partial charge is 0.204 e. The lowest BCUT2D eigenvalue weighted by atomic mass is 10.1. The quantitative estimate of drug-likeness (QED) is 0.675. The van der Waals surface area contributed by atoms with E-state index in [1.807, 2.05) is 67.6 Å². The Bertz CT molecular complexity index is 719. The minimum atomic E-state index is -0.125. The van der Waals surface area contributed by atoms with E-state index in [1.165, 1.54) is 0 Å². The van der Waals surface area contributed by atoms with Gasteiger partial charge in [-0.3, -0.25) is 0 Å². The van der Waals surface area contributed by atoms with Crippen molar-refractivity contribution in [3.8, 4) is 22.6 Å². The van der Waals surface area contributed by atoms with Gasteiger partial charge in [0.15, 0.2) is 5.76 Å². The van der Waals surface area contributed by atoms with Crippen LogP contribution in [0.1, 0.15) is 25.7 Å². The van der Waals surface area contributed by atoms with Gasteiger partial charge in [-0.25, -0.2) is 4.98 Å². The van der Waals surface area contributed by atoms with Crippen molar-refractivity contribution >= 4 is 5.71 Å². The van der Waals surface area contributed by atoms with Gasteiger partial charge in [-0.05, 0) is 13.8 Å². The second-order valence-corrected chi connectivity index (χ2v) is 5.37. The molecule has 0 bridgehead atoms. The van der Waals surface area contributed by atoms with Crippen molar-refractivity contribution in [2.45, 2.75) is 19.8 Å². The van der Waals surface area contributed by atoms with Gasteiger partial charge in [0, 0.05) is 16.8 Å². The molecule has 1 aromatic heterocycles. The van der Waals surface area contributed by atoms with Crippen LogP contribution < -0.4 is 0 Å². The van der Waals surface area contributed by atoms with Crippen LogP contribution in [-0.2, 0) is 0 Å². The molecule has 1 heterocycles. The largest absolute Gasteiger partial charge is 0.439 e. The topological polar surface area (TPSA) is 49.9 Å². The van der Waals surface area contributed by atoms with Gasteiger partial charge in [-0.1, -0.05) is 60.7 Å². The molecule has 0 unspecified atom stereocenters. The zero-order chi connectivity index (χ0) is 15.5. The third kappa shape index (κ3) is 2.70. The molecule has 3 aromatic rings. The maximum Gasteiger partial charge on any atom is 0.204 e. The molecule has 22 heavy (non-hydrogen) atoms. The highest BCUT2D eigenvalue weighted by molar-refractivity contribution is 5.85. The van der Waals surface area contributed by atoms with Gasteiger partial charge in [0.05, 0.1) is 5.92 Å². The molecule has 3 heteroatoms. The number of aromatic nitrogens is 1. The zero-order valence-electron chi connectivity index (χ0n) is 12.7. The molecular formula is C19H18N2O. The Labute approximate surface area is 130 Å². The molecule has 0 fully saturated rings. The third-order valence-corrected chi connectivity index (χ3v) is 3.75. The van der Waals surface area contributed by atoms with Gasteiger partial charge in [-0.15, -0.1) is 0 Å². The number of hydrogen-bond donors (Lipinski definition) is 1. The van der Waals surface area contributed by atoms with E-state index in [-0.39, 0.29) is 5.92 Å². The van der Waals surface area contributed by atoms with E-state index in [1.54, 1.807) is 6.92 Å². The molecule has 0 spiro atoms. The predicted molar refractivity (Wildman–Crippen MR) is 89.2 cm³/mol. The van der Waals surface area contributed by atoms with Gasteiger partial charge in [-0.2, -0.15) is 0 Å². The molecule has 3 rings (SSSR count). The molecule has 0 aliphatic carbocycles. The highest BCUT2D eigenvalue weighted by Crippen LogP contribution is 2.34. The lowest BCUT2D eigenvalue weighted by molar-refractivity contribution is 0.502. The van der Waals surface area contributed by atoms with Crippen LogP contribution in [0.4, 0.5) is 0 Å². The number of nitrogens with zero attached hydrogens (tertiary/aromatic N) is 1. The van der Waals surface area contributed by atoms with Crippen LogP contribution in [0.2, 0.25) is 0 Å². The molecule has 0 aliphatic heterocycles. The first-order chi connectivity index (χ1) is 10.7. The van der Waals surface area contributed by atoms with Crippen LogP contribution in [0.5, 0.6) is 0 Å². The van der Waals surface area contributed by atoms with Crippen LogP contribution in [0.25, 0.3) is 22.6 Å². The van der Waals surface area contributed by atoms with Gasteiger partial charge < -0.3 is 9.83 Å². The van der Waals surface area contributed by atoms with E-state index in [9.17, 15) is 0 Å². The molecule has 0 saturated heterocycles. The fraction of sp³-hybridized carbons (Fsp3) is 0.158. The summed E-state index contributed by atoms with van der Waals surface area (Å²) in [4.78, 5) is 4.67. The summed E-state index contributed by atoms with van der Waals surface area (Å²) in [6.45, 7) is 3.72. The van der Waals surface area contributed by atoms with Crippen molar-refractivity contribution in [3.05, 3.63) is 66.6 Å². The third-order valence-electron chi connectivity index (χ3n) is 3.75. The normalized spacial score (nSPS) is 12.1. The van der Waals surface area contributed by atoms with Gasteiger partial charge >= 0.3 is 0 Å². The van der Waals surface area contributed by atoms with Gasteiger partial charge in [0.25, 0.3) is 0 Å². The molecule has 0 radical (unpaired) electrons. The van der Waals surface area contributed by atoms with E-state index in [2.05, 4.69) is 4.98 Å².